The number of likely N-dealkylation sites (N-methyl/N-ethyl adjacent to an activating group) is 1. The molecule has 22 heavy (non-hydrogen) atoms. The zero-order valence-corrected chi connectivity index (χ0v) is 16.7. The van der Waals surface area contributed by atoms with E-state index in [4.69, 9.17) is 0 Å². The summed E-state index contributed by atoms with van der Waals surface area (Å²) in [5.74, 6) is 0.972. The van der Waals surface area contributed by atoms with Crippen molar-refractivity contribution in [2.24, 2.45) is 10.4 Å². The molecule has 2 aliphatic rings. The number of amides is 1. The highest BCUT2D eigenvalue weighted by Gasteiger charge is 2.43. The predicted octanol–water partition coefficient (Wildman–Crippen LogP) is 2.31. The molecule has 1 aliphatic carbocycles. The Bertz CT molecular complexity index is 407. The maximum atomic E-state index is 11.8. The molecule has 1 N–H and O–H groups in total. The number of nitrogens with zero attached hydrogens (tertiary/aromatic N) is 3. The van der Waals surface area contributed by atoms with E-state index in [1.807, 2.05) is 0 Å². The van der Waals surface area contributed by atoms with Crippen molar-refractivity contribution in [1.29, 1.82) is 0 Å². The third-order valence-corrected chi connectivity index (χ3v) is 5.00. The zero-order valence-electron chi connectivity index (χ0n) is 14.4. The molecular weight excluding hydrogens is 391 g/mol. The normalized spacial score (nSPS) is 21.1. The first kappa shape index (κ1) is 19.5. The quantitative estimate of drug-likeness (QED) is 0.430. The van der Waals surface area contributed by atoms with Gasteiger partial charge in [0, 0.05) is 33.2 Å². The number of carbonyl (C=O) groups is 1. The topological polar surface area (TPSA) is 47.9 Å². The van der Waals surface area contributed by atoms with Crippen molar-refractivity contribution in [1.82, 2.24) is 15.1 Å². The zero-order chi connectivity index (χ0) is 15.5. The molecule has 0 aromatic heterocycles. The van der Waals surface area contributed by atoms with E-state index in [9.17, 15) is 4.79 Å². The van der Waals surface area contributed by atoms with Crippen LogP contribution < -0.4 is 5.32 Å². The number of aliphatic imine (C=N–C) groups is 1. The van der Waals surface area contributed by atoms with Crippen LogP contribution in [-0.4, -0.2) is 61.4 Å². The van der Waals surface area contributed by atoms with Gasteiger partial charge in [0.1, 0.15) is 6.54 Å². The van der Waals surface area contributed by atoms with Crippen LogP contribution in [0.4, 0.5) is 0 Å². The van der Waals surface area contributed by atoms with E-state index in [-0.39, 0.29) is 36.4 Å². The number of nitrogens with one attached hydrogen (secondary N) is 1. The van der Waals surface area contributed by atoms with Gasteiger partial charge in [0.25, 0.3) is 0 Å². The van der Waals surface area contributed by atoms with Gasteiger partial charge in [-0.15, -0.1) is 24.0 Å². The van der Waals surface area contributed by atoms with Crippen molar-refractivity contribution >= 4 is 35.8 Å². The minimum absolute atomic E-state index is 0. The highest BCUT2D eigenvalue weighted by atomic mass is 127. The molecular formula is C16H31IN4O. The second-order valence-electron chi connectivity index (χ2n) is 6.91. The summed E-state index contributed by atoms with van der Waals surface area (Å²) in [7, 11) is 3.55. The third-order valence-electron chi connectivity index (χ3n) is 5.00. The van der Waals surface area contributed by atoms with E-state index in [2.05, 4.69) is 29.1 Å². The minimum atomic E-state index is 0. The summed E-state index contributed by atoms with van der Waals surface area (Å²) in [4.78, 5) is 20.3. The van der Waals surface area contributed by atoms with E-state index >= 15 is 0 Å². The van der Waals surface area contributed by atoms with E-state index in [1.165, 1.54) is 25.7 Å². The van der Waals surface area contributed by atoms with Crippen molar-refractivity contribution in [2.75, 3.05) is 33.7 Å². The fourth-order valence-corrected chi connectivity index (χ4v) is 3.04. The van der Waals surface area contributed by atoms with Gasteiger partial charge in [0.2, 0.25) is 5.91 Å². The van der Waals surface area contributed by atoms with Gasteiger partial charge in [-0.25, -0.2) is 4.99 Å². The first-order valence-electron chi connectivity index (χ1n) is 8.22. The molecule has 1 saturated heterocycles. The van der Waals surface area contributed by atoms with Crippen LogP contribution >= 0.6 is 24.0 Å². The molecule has 1 spiro atoms. The predicted molar refractivity (Wildman–Crippen MR) is 102 cm³/mol. The van der Waals surface area contributed by atoms with Gasteiger partial charge < -0.3 is 15.1 Å². The monoisotopic (exact) mass is 422 g/mol. The van der Waals surface area contributed by atoms with Crippen LogP contribution in [-0.2, 0) is 4.79 Å². The minimum Gasteiger partial charge on any atom is -0.354 e. The van der Waals surface area contributed by atoms with Crippen molar-refractivity contribution in [2.45, 2.75) is 52.0 Å². The fourth-order valence-electron chi connectivity index (χ4n) is 3.04. The lowest BCUT2D eigenvalue weighted by Gasteiger charge is -2.38. The number of halogens is 1. The van der Waals surface area contributed by atoms with Crippen LogP contribution in [0.15, 0.2) is 4.99 Å². The Labute approximate surface area is 151 Å². The molecule has 1 aliphatic heterocycles. The summed E-state index contributed by atoms with van der Waals surface area (Å²) in [5, 5.41) is 3.49. The van der Waals surface area contributed by atoms with Crippen LogP contribution in [0.1, 0.15) is 46.0 Å². The lowest BCUT2D eigenvalue weighted by Crippen LogP contribution is -2.46. The standard InChI is InChI=1S/C16H30N4O.HI/c1-5-13(2)18-15(17-11-14(21)19(3)4)20-10-9-16(12-20)7-6-8-16;/h13H,5-12H2,1-4H3,(H,17,18);1H. The molecule has 1 unspecified atom stereocenters. The largest absolute Gasteiger partial charge is 0.354 e. The maximum Gasteiger partial charge on any atom is 0.243 e. The maximum absolute atomic E-state index is 11.8. The van der Waals surface area contributed by atoms with Crippen LogP contribution in [0.3, 0.4) is 0 Å². The summed E-state index contributed by atoms with van der Waals surface area (Å²) in [6, 6.07) is 0.385. The molecule has 128 valence electrons. The van der Waals surface area contributed by atoms with Gasteiger partial charge in [-0.05, 0) is 38.0 Å². The van der Waals surface area contributed by atoms with Crippen molar-refractivity contribution in [3.8, 4) is 0 Å². The number of rotatable bonds is 4. The molecule has 1 amide bonds. The average molecular weight is 422 g/mol. The molecule has 6 heteroatoms. The van der Waals surface area contributed by atoms with Crippen LogP contribution in [0.2, 0.25) is 0 Å². The fraction of sp³-hybridized carbons (Fsp3) is 0.875. The molecule has 1 saturated carbocycles. The van der Waals surface area contributed by atoms with Crippen LogP contribution in [0, 0.1) is 5.41 Å². The molecule has 5 nitrogen and oxygen atoms in total. The van der Waals surface area contributed by atoms with Gasteiger partial charge in [-0.3, -0.25) is 4.79 Å². The average Bonchev–Trinajstić information content (AvgIpc) is 2.87. The lowest BCUT2D eigenvalue weighted by atomic mass is 9.68. The Morgan fingerprint density at radius 2 is 2.05 bits per heavy atom. The summed E-state index contributed by atoms with van der Waals surface area (Å²) in [6.07, 6.45) is 6.42. The molecule has 1 heterocycles. The number of hydrogen-bond donors (Lipinski definition) is 1. The molecule has 1 atom stereocenters. The third kappa shape index (κ3) is 4.73. The number of hydrogen-bond acceptors (Lipinski definition) is 2. The van der Waals surface area contributed by atoms with Gasteiger partial charge in [0.15, 0.2) is 5.96 Å². The number of guanidine groups is 1. The van der Waals surface area contributed by atoms with E-state index in [1.54, 1.807) is 19.0 Å². The Balaban J connectivity index is 0.00000242. The SMILES string of the molecule is CCC(C)NC(=NCC(=O)N(C)C)N1CCC2(CCC2)C1.I. The van der Waals surface area contributed by atoms with E-state index < -0.39 is 0 Å². The van der Waals surface area contributed by atoms with Crippen molar-refractivity contribution in [3.05, 3.63) is 0 Å². The van der Waals surface area contributed by atoms with Crippen molar-refractivity contribution in [3.63, 3.8) is 0 Å². The van der Waals surface area contributed by atoms with E-state index in [0.717, 1.165) is 25.5 Å². The van der Waals surface area contributed by atoms with Crippen molar-refractivity contribution < 1.29 is 4.79 Å². The van der Waals surface area contributed by atoms with Crippen LogP contribution in [0.25, 0.3) is 0 Å². The summed E-state index contributed by atoms with van der Waals surface area (Å²) >= 11 is 0. The molecule has 2 fully saturated rings. The molecule has 0 bridgehead atoms. The van der Waals surface area contributed by atoms with Crippen LogP contribution in [0.5, 0.6) is 0 Å². The Kier molecular flexibility index (Phi) is 7.41. The highest BCUT2D eigenvalue weighted by Crippen LogP contribution is 2.47. The molecule has 0 aromatic rings. The Hall–Kier alpha value is -0.530. The first-order chi connectivity index (χ1) is 9.96. The molecule has 2 rings (SSSR count). The number of likely N-dealkylation sites (tertiary alicyclic amines) is 1. The highest BCUT2D eigenvalue weighted by molar-refractivity contribution is 14.0. The summed E-state index contributed by atoms with van der Waals surface area (Å²) in [5.41, 5.74) is 0.545. The molecule has 0 radical (unpaired) electrons. The van der Waals surface area contributed by atoms with Gasteiger partial charge in [0.05, 0.1) is 0 Å². The lowest BCUT2D eigenvalue weighted by molar-refractivity contribution is -0.127. The van der Waals surface area contributed by atoms with Gasteiger partial charge in [-0.1, -0.05) is 13.3 Å². The summed E-state index contributed by atoms with van der Waals surface area (Å²) < 4.78 is 0. The summed E-state index contributed by atoms with van der Waals surface area (Å²) in [6.45, 7) is 6.73. The Morgan fingerprint density at radius 3 is 2.50 bits per heavy atom. The Morgan fingerprint density at radius 1 is 1.36 bits per heavy atom. The van der Waals surface area contributed by atoms with E-state index in [0.29, 0.717) is 11.5 Å². The second kappa shape index (κ2) is 8.36. The smallest absolute Gasteiger partial charge is 0.243 e. The first-order valence-corrected chi connectivity index (χ1v) is 8.22. The second-order valence-corrected chi connectivity index (χ2v) is 6.91. The van der Waals surface area contributed by atoms with Gasteiger partial charge >= 0.3 is 0 Å². The molecule has 0 aromatic carbocycles. The number of carbonyl (C=O) groups excluding carboxylic acids is 1. The van der Waals surface area contributed by atoms with Gasteiger partial charge in [-0.2, -0.15) is 0 Å².